The smallest absolute Gasteiger partial charge is 0.153 e. The van der Waals surface area contributed by atoms with Crippen molar-refractivity contribution < 1.29 is 0 Å². The second-order valence-corrected chi connectivity index (χ2v) is 4.73. The van der Waals surface area contributed by atoms with Crippen molar-refractivity contribution in [2.45, 2.75) is 13.5 Å². The minimum absolute atomic E-state index is 0.769. The first-order chi connectivity index (χ1) is 9.72. The Hall–Kier alpha value is -2.63. The van der Waals surface area contributed by atoms with Gasteiger partial charge in [0.1, 0.15) is 0 Å². The number of aryl methyl sites for hydroxylation is 2. The van der Waals surface area contributed by atoms with Crippen LogP contribution in [0.5, 0.6) is 0 Å². The SMILES string of the molecule is Cc1nnnn1-c1cccc(NCc2ccn(C)c2)c1. The van der Waals surface area contributed by atoms with Crippen LogP contribution >= 0.6 is 0 Å². The fourth-order valence-corrected chi connectivity index (χ4v) is 2.09. The second kappa shape index (κ2) is 5.16. The summed E-state index contributed by atoms with van der Waals surface area (Å²) in [5.41, 5.74) is 3.24. The quantitative estimate of drug-likeness (QED) is 0.785. The van der Waals surface area contributed by atoms with Crippen LogP contribution in [0.1, 0.15) is 11.4 Å². The number of benzene rings is 1. The molecule has 3 rings (SSSR count). The van der Waals surface area contributed by atoms with E-state index in [0.717, 1.165) is 23.7 Å². The van der Waals surface area contributed by atoms with Crippen molar-refractivity contribution >= 4 is 5.69 Å². The molecule has 20 heavy (non-hydrogen) atoms. The van der Waals surface area contributed by atoms with Gasteiger partial charge in [-0.1, -0.05) is 6.07 Å². The van der Waals surface area contributed by atoms with Gasteiger partial charge in [-0.25, -0.2) is 0 Å². The highest BCUT2D eigenvalue weighted by Crippen LogP contribution is 2.15. The zero-order valence-corrected chi connectivity index (χ0v) is 11.5. The van der Waals surface area contributed by atoms with E-state index in [-0.39, 0.29) is 0 Å². The van der Waals surface area contributed by atoms with Gasteiger partial charge in [0.2, 0.25) is 0 Å². The zero-order valence-electron chi connectivity index (χ0n) is 11.5. The van der Waals surface area contributed by atoms with Gasteiger partial charge < -0.3 is 9.88 Å². The second-order valence-electron chi connectivity index (χ2n) is 4.73. The third kappa shape index (κ3) is 2.54. The van der Waals surface area contributed by atoms with Crippen LogP contribution in [0.25, 0.3) is 5.69 Å². The Morgan fingerprint density at radius 1 is 1.25 bits per heavy atom. The molecule has 0 saturated carbocycles. The van der Waals surface area contributed by atoms with Crippen molar-refractivity contribution in [3.05, 3.63) is 54.1 Å². The molecular formula is C14H16N6. The summed E-state index contributed by atoms with van der Waals surface area (Å²) in [5.74, 6) is 0.769. The summed E-state index contributed by atoms with van der Waals surface area (Å²) in [7, 11) is 2.02. The first-order valence-electron chi connectivity index (χ1n) is 6.42. The predicted octanol–water partition coefficient (Wildman–Crippen LogP) is 1.92. The largest absolute Gasteiger partial charge is 0.381 e. The molecule has 0 aliphatic carbocycles. The van der Waals surface area contributed by atoms with Crippen LogP contribution in [0, 0.1) is 6.92 Å². The van der Waals surface area contributed by atoms with Gasteiger partial charge in [0, 0.05) is 31.7 Å². The number of aromatic nitrogens is 5. The van der Waals surface area contributed by atoms with Gasteiger partial charge in [0.25, 0.3) is 0 Å². The fourth-order valence-electron chi connectivity index (χ4n) is 2.09. The molecule has 0 bridgehead atoms. The number of tetrazole rings is 1. The van der Waals surface area contributed by atoms with Crippen molar-refractivity contribution in [1.82, 2.24) is 24.8 Å². The summed E-state index contributed by atoms with van der Waals surface area (Å²) in [6.07, 6.45) is 4.14. The minimum Gasteiger partial charge on any atom is -0.381 e. The van der Waals surface area contributed by atoms with Crippen molar-refractivity contribution in [2.75, 3.05) is 5.32 Å². The number of nitrogens with one attached hydrogen (secondary N) is 1. The lowest BCUT2D eigenvalue weighted by Gasteiger charge is -2.07. The van der Waals surface area contributed by atoms with Crippen molar-refractivity contribution in [3.8, 4) is 5.69 Å². The Morgan fingerprint density at radius 3 is 2.85 bits per heavy atom. The van der Waals surface area contributed by atoms with E-state index in [9.17, 15) is 0 Å². The highest BCUT2D eigenvalue weighted by molar-refractivity contribution is 5.51. The number of hydrogen-bond acceptors (Lipinski definition) is 4. The molecule has 2 aromatic heterocycles. The Balaban J connectivity index is 1.76. The Kier molecular flexibility index (Phi) is 3.20. The van der Waals surface area contributed by atoms with E-state index in [0.29, 0.717) is 0 Å². The third-order valence-corrected chi connectivity index (χ3v) is 3.11. The van der Waals surface area contributed by atoms with E-state index in [1.807, 2.05) is 49.0 Å². The van der Waals surface area contributed by atoms with Crippen molar-refractivity contribution in [1.29, 1.82) is 0 Å². The molecule has 0 unspecified atom stereocenters. The monoisotopic (exact) mass is 268 g/mol. The van der Waals surface area contributed by atoms with E-state index < -0.39 is 0 Å². The van der Waals surface area contributed by atoms with Crippen LogP contribution < -0.4 is 5.32 Å². The topological polar surface area (TPSA) is 60.6 Å². The third-order valence-electron chi connectivity index (χ3n) is 3.11. The molecule has 0 atom stereocenters. The summed E-state index contributed by atoms with van der Waals surface area (Å²) in [4.78, 5) is 0. The molecule has 0 saturated heterocycles. The molecular weight excluding hydrogens is 252 g/mol. The maximum atomic E-state index is 3.97. The molecule has 0 aliphatic heterocycles. The van der Waals surface area contributed by atoms with E-state index in [2.05, 4.69) is 33.1 Å². The molecule has 102 valence electrons. The van der Waals surface area contributed by atoms with Crippen LogP contribution in [-0.2, 0) is 13.6 Å². The first-order valence-corrected chi connectivity index (χ1v) is 6.42. The first kappa shape index (κ1) is 12.4. The van der Waals surface area contributed by atoms with E-state index in [1.165, 1.54) is 5.56 Å². The van der Waals surface area contributed by atoms with E-state index in [4.69, 9.17) is 0 Å². The molecule has 0 amide bonds. The predicted molar refractivity (Wildman–Crippen MR) is 76.6 cm³/mol. The number of hydrogen-bond donors (Lipinski definition) is 1. The summed E-state index contributed by atoms with van der Waals surface area (Å²) in [5, 5.41) is 14.9. The Labute approximate surface area is 117 Å². The summed E-state index contributed by atoms with van der Waals surface area (Å²) in [6.45, 7) is 2.67. The molecule has 0 spiro atoms. The normalized spacial score (nSPS) is 10.7. The van der Waals surface area contributed by atoms with Gasteiger partial charge in [-0.05, 0) is 47.2 Å². The maximum Gasteiger partial charge on any atom is 0.153 e. The van der Waals surface area contributed by atoms with Crippen LogP contribution in [0.2, 0.25) is 0 Å². The molecule has 0 aliphatic rings. The molecule has 1 N–H and O–H groups in total. The average Bonchev–Trinajstić information content (AvgIpc) is 3.05. The highest BCUT2D eigenvalue weighted by Gasteiger charge is 2.04. The van der Waals surface area contributed by atoms with Gasteiger partial charge in [-0.2, -0.15) is 4.68 Å². The molecule has 1 aromatic carbocycles. The number of rotatable bonds is 4. The average molecular weight is 268 g/mol. The number of nitrogens with zero attached hydrogens (tertiary/aromatic N) is 5. The van der Waals surface area contributed by atoms with Crippen LogP contribution in [0.15, 0.2) is 42.7 Å². The van der Waals surface area contributed by atoms with E-state index >= 15 is 0 Å². The zero-order chi connectivity index (χ0) is 13.9. The number of anilines is 1. The van der Waals surface area contributed by atoms with Crippen LogP contribution in [0.4, 0.5) is 5.69 Å². The lowest BCUT2D eigenvalue weighted by atomic mass is 10.2. The minimum atomic E-state index is 0.769. The van der Waals surface area contributed by atoms with Crippen molar-refractivity contribution in [3.63, 3.8) is 0 Å². The molecule has 0 fully saturated rings. The maximum absolute atomic E-state index is 3.97. The molecule has 6 nitrogen and oxygen atoms in total. The molecule has 3 aromatic rings. The lowest BCUT2D eigenvalue weighted by molar-refractivity contribution is 0.779. The summed E-state index contributed by atoms with van der Waals surface area (Å²) >= 11 is 0. The van der Waals surface area contributed by atoms with Crippen LogP contribution in [0.3, 0.4) is 0 Å². The molecule has 6 heteroatoms. The highest BCUT2D eigenvalue weighted by atomic mass is 15.5. The van der Waals surface area contributed by atoms with Crippen LogP contribution in [-0.4, -0.2) is 24.8 Å². The van der Waals surface area contributed by atoms with Crippen molar-refractivity contribution in [2.24, 2.45) is 7.05 Å². The summed E-state index contributed by atoms with van der Waals surface area (Å²) in [6, 6.07) is 10.1. The fraction of sp³-hybridized carbons (Fsp3) is 0.214. The van der Waals surface area contributed by atoms with Gasteiger partial charge in [0.15, 0.2) is 5.82 Å². The van der Waals surface area contributed by atoms with Gasteiger partial charge in [-0.15, -0.1) is 5.10 Å². The lowest BCUT2D eigenvalue weighted by Crippen LogP contribution is -2.02. The van der Waals surface area contributed by atoms with E-state index in [1.54, 1.807) is 4.68 Å². The summed E-state index contributed by atoms with van der Waals surface area (Å²) < 4.78 is 3.76. The molecule has 0 radical (unpaired) electrons. The Bertz CT molecular complexity index is 712. The van der Waals surface area contributed by atoms with Gasteiger partial charge in [-0.3, -0.25) is 0 Å². The molecule has 2 heterocycles. The Morgan fingerprint density at radius 2 is 2.15 bits per heavy atom. The van der Waals surface area contributed by atoms with Gasteiger partial charge >= 0.3 is 0 Å². The standard InChI is InChI=1S/C14H16N6/c1-11-16-17-18-20(11)14-5-3-4-13(8-14)15-9-12-6-7-19(2)10-12/h3-8,10,15H,9H2,1-2H3. The van der Waals surface area contributed by atoms with Gasteiger partial charge in [0.05, 0.1) is 5.69 Å².